The molecular weight excluding hydrogens is 737 g/mol. The van der Waals surface area contributed by atoms with Crippen LogP contribution in [0.5, 0.6) is 5.75 Å². The number of aromatic amines is 1. The highest BCUT2D eigenvalue weighted by atomic mass is 16.5. The Morgan fingerprint density at radius 3 is 2.03 bits per heavy atom. The third-order valence-electron chi connectivity index (χ3n) is 9.56. The maximum Gasteiger partial charge on any atom is 0.326 e. The number of H-pyrrole nitrogens is 1. The first-order valence-electron chi connectivity index (χ1n) is 18.8. The van der Waals surface area contributed by atoms with Gasteiger partial charge < -0.3 is 36.1 Å². The fraction of sp³-hybridized carbons (Fsp3) is 0.200. The number of ether oxygens (including phenoxy) is 1. The summed E-state index contributed by atoms with van der Waals surface area (Å²) in [5.41, 5.74) is 6.58. The van der Waals surface area contributed by atoms with E-state index in [-0.39, 0.29) is 19.3 Å². The van der Waals surface area contributed by atoms with Gasteiger partial charge in [-0.2, -0.15) is 0 Å². The van der Waals surface area contributed by atoms with E-state index >= 15 is 0 Å². The lowest BCUT2D eigenvalue weighted by atomic mass is 9.99. The van der Waals surface area contributed by atoms with E-state index in [2.05, 4.69) is 56.4 Å². The second-order valence-corrected chi connectivity index (χ2v) is 13.8. The summed E-state index contributed by atoms with van der Waals surface area (Å²) in [6.07, 6.45) is 5.32. The summed E-state index contributed by atoms with van der Waals surface area (Å²) in [6.45, 7) is 1.19. The zero-order chi connectivity index (χ0) is 40.9. The smallest absolute Gasteiger partial charge is 0.326 e. The molecule has 6 aromatic rings. The Morgan fingerprint density at radius 1 is 0.707 bits per heavy atom. The lowest BCUT2D eigenvalue weighted by Crippen LogP contribution is -2.56. The molecule has 0 saturated heterocycles. The molecule has 4 heterocycles. The van der Waals surface area contributed by atoms with E-state index in [1.165, 1.54) is 16.5 Å². The van der Waals surface area contributed by atoms with Gasteiger partial charge in [-0.1, -0.05) is 84.9 Å². The number of benzene rings is 4. The van der Waals surface area contributed by atoms with Crippen molar-refractivity contribution in [3.05, 3.63) is 156 Å². The molecule has 2 aliphatic rings. The van der Waals surface area contributed by atoms with Crippen molar-refractivity contribution in [2.75, 3.05) is 13.2 Å². The monoisotopic (exact) mass is 780 g/mol. The highest BCUT2D eigenvalue weighted by Crippen LogP contribution is 2.20. The van der Waals surface area contributed by atoms with Crippen LogP contribution in [-0.2, 0) is 43.2 Å². The Morgan fingerprint density at radius 2 is 1.34 bits per heavy atom. The third-order valence-corrected chi connectivity index (χ3v) is 9.56. The van der Waals surface area contributed by atoms with Crippen molar-refractivity contribution >= 4 is 40.5 Å². The highest BCUT2D eigenvalue weighted by Gasteiger charge is 2.29. The van der Waals surface area contributed by atoms with Gasteiger partial charge >= 0.3 is 5.97 Å². The largest absolute Gasteiger partial charge is 0.484 e. The molecule has 13 heteroatoms. The molecule has 4 amide bonds. The molecule has 2 aliphatic heterocycles. The van der Waals surface area contributed by atoms with Crippen LogP contribution in [0.25, 0.3) is 22.0 Å². The van der Waals surface area contributed by atoms with Gasteiger partial charge in [-0.15, -0.1) is 0 Å². The second-order valence-electron chi connectivity index (χ2n) is 13.8. The van der Waals surface area contributed by atoms with E-state index in [9.17, 15) is 29.1 Å². The number of amides is 4. The number of hydrogen-bond acceptors (Lipinski definition) is 7. The Balaban J connectivity index is 0.000000489. The Hall–Kier alpha value is -7.28. The predicted molar refractivity (Wildman–Crippen MR) is 219 cm³/mol. The maximum absolute atomic E-state index is 13.8. The van der Waals surface area contributed by atoms with Crippen LogP contribution < -0.4 is 26.0 Å². The first kappa shape index (κ1) is 40.4. The number of aromatic nitrogens is 2. The number of rotatable bonds is 6. The quantitative estimate of drug-likeness (QED) is 0.135. The van der Waals surface area contributed by atoms with Crippen LogP contribution in [0.1, 0.15) is 22.3 Å². The zero-order valence-electron chi connectivity index (χ0n) is 31.8. The molecule has 0 aliphatic carbocycles. The van der Waals surface area contributed by atoms with Crippen molar-refractivity contribution in [1.82, 2.24) is 31.2 Å². The van der Waals surface area contributed by atoms with Crippen molar-refractivity contribution in [2.45, 2.75) is 44.3 Å². The van der Waals surface area contributed by atoms with Gasteiger partial charge in [0.15, 0.2) is 6.61 Å². The lowest BCUT2D eigenvalue weighted by molar-refractivity contribution is -0.141. The summed E-state index contributed by atoms with van der Waals surface area (Å²) in [4.78, 5) is 72.2. The standard InChI is InChI=1S/C36H35N5O7.C9H9N/c42-32-21-38-34(44)29(18-23-6-10-27(11-7-23)26-4-2-1-3-5-26)41-35(45)30(19-25-14-16-37-17-15-25)39-33(43)22-48-28-12-8-24(9-13-28)20-31(40-32)36(46)47;1-7-6-10-9-5-3-2-4-8(7)9/h1-17,29-31H,18-22H2,(H,38,44)(H,39,43)(H,40,42)(H,41,45)(H,46,47);2-6,10H,1H3/t29-,30+,31+;/m1./s1. The van der Waals surface area contributed by atoms with E-state index < -0.39 is 60.9 Å². The number of nitrogens with zero attached hydrogens (tertiary/aromatic N) is 1. The molecule has 3 atom stereocenters. The molecule has 58 heavy (non-hydrogen) atoms. The first-order valence-corrected chi connectivity index (χ1v) is 18.8. The minimum Gasteiger partial charge on any atom is -0.484 e. The molecule has 8 rings (SSSR count). The molecule has 2 aromatic heterocycles. The number of aliphatic carboxylic acids is 1. The highest BCUT2D eigenvalue weighted by molar-refractivity contribution is 5.94. The number of aryl methyl sites for hydroxylation is 1. The van der Waals surface area contributed by atoms with E-state index in [0.29, 0.717) is 11.3 Å². The third kappa shape index (κ3) is 11.4. The summed E-state index contributed by atoms with van der Waals surface area (Å²) in [6, 6.07) is 31.9. The predicted octanol–water partition coefficient (Wildman–Crippen LogP) is 4.30. The molecule has 13 nitrogen and oxygen atoms in total. The number of carbonyl (C=O) groups excluding carboxylic acids is 4. The Bertz CT molecular complexity index is 2330. The van der Waals surface area contributed by atoms with Gasteiger partial charge in [-0.05, 0) is 70.6 Å². The summed E-state index contributed by atoms with van der Waals surface area (Å²) in [5.74, 6) is -3.46. The molecule has 2 bridgehead atoms. The fourth-order valence-corrected chi connectivity index (χ4v) is 6.44. The van der Waals surface area contributed by atoms with Crippen molar-refractivity contribution in [2.24, 2.45) is 0 Å². The van der Waals surface area contributed by atoms with Gasteiger partial charge in [0.05, 0.1) is 6.54 Å². The minimum atomic E-state index is -1.26. The Kier molecular flexibility index (Phi) is 13.6. The molecule has 0 fully saturated rings. The average Bonchev–Trinajstić information content (AvgIpc) is 3.62. The first-order chi connectivity index (χ1) is 28.1. The number of hydrogen-bond donors (Lipinski definition) is 6. The molecule has 0 saturated carbocycles. The lowest BCUT2D eigenvalue weighted by Gasteiger charge is -2.24. The van der Waals surface area contributed by atoms with Gasteiger partial charge in [-0.3, -0.25) is 24.2 Å². The number of pyridine rings is 1. The molecule has 0 spiro atoms. The van der Waals surface area contributed by atoms with E-state index in [1.54, 1.807) is 48.8 Å². The van der Waals surface area contributed by atoms with E-state index in [4.69, 9.17) is 4.74 Å². The minimum absolute atomic E-state index is 0.0237. The molecule has 0 radical (unpaired) electrons. The summed E-state index contributed by atoms with van der Waals surface area (Å²) >= 11 is 0. The number of nitrogens with one attached hydrogen (secondary N) is 5. The van der Waals surface area contributed by atoms with Crippen molar-refractivity contribution in [3.8, 4) is 16.9 Å². The topological polar surface area (TPSA) is 192 Å². The van der Waals surface area contributed by atoms with Crippen LogP contribution in [0, 0.1) is 6.92 Å². The number of carboxylic acids is 1. The fourth-order valence-electron chi connectivity index (χ4n) is 6.44. The number of fused-ring (bicyclic) bond motifs is 17. The molecule has 296 valence electrons. The van der Waals surface area contributed by atoms with Gasteiger partial charge in [-0.25, -0.2) is 4.79 Å². The maximum atomic E-state index is 13.8. The summed E-state index contributed by atoms with van der Waals surface area (Å²) < 4.78 is 5.62. The Labute approximate surface area is 335 Å². The molecular formula is C45H44N6O7. The van der Waals surface area contributed by atoms with E-state index in [0.717, 1.165) is 22.3 Å². The zero-order valence-corrected chi connectivity index (χ0v) is 31.8. The summed E-state index contributed by atoms with van der Waals surface area (Å²) in [7, 11) is 0. The van der Waals surface area contributed by atoms with Gasteiger partial charge in [0, 0.05) is 48.8 Å². The van der Waals surface area contributed by atoms with Crippen LogP contribution in [0.4, 0.5) is 0 Å². The normalized spacial score (nSPS) is 17.8. The van der Waals surface area contributed by atoms with Crippen LogP contribution in [0.2, 0.25) is 0 Å². The molecule has 4 aromatic carbocycles. The van der Waals surface area contributed by atoms with Crippen molar-refractivity contribution in [1.29, 1.82) is 0 Å². The van der Waals surface area contributed by atoms with Gasteiger partial charge in [0.1, 0.15) is 23.9 Å². The van der Waals surface area contributed by atoms with Gasteiger partial charge in [0.2, 0.25) is 17.7 Å². The van der Waals surface area contributed by atoms with Gasteiger partial charge in [0.25, 0.3) is 5.91 Å². The number of para-hydroxylation sites is 1. The SMILES string of the molecule is Cc1c[nH]c2ccccc12.O=C1CNC(=O)[C@@H](Cc2ccc(-c3ccccc3)cc2)NC(=O)[C@H](Cc2ccncc2)NC(=O)COc2ccc(cc2)C[C@@H](C(=O)O)N1. The van der Waals surface area contributed by atoms with E-state index in [1.807, 2.05) is 66.9 Å². The van der Waals surface area contributed by atoms with Crippen molar-refractivity contribution < 1.29 is 33.8 Å². The number of carbonyl (C=O) groups is 5. The van der Waals surface area contributed by atoms with Crippen LogP contribution in [0.15, 0.2) is 134 Å². The number of carboxylic acid groups (broad SMARTS) is 1. The van der Waals surface area contributed by atoms with Crippen molar-refractivity contribution in [3.63, 3.8) is 0 Å². The second kappa shape index (κ2) is 19.5. The van der Waals surface area contributed by atoms with Crippen LogP contribution >= 0.6 is 0 Å². The average molecular weight is 781 g/mol. The van der Waals surface area contributed by atoms with Crippen LogP contribution in [-0.4, -0.2) is 75.9 Å². The van der Waals surface area contributed by atoms with Crippen LogP contribution in [0.3, 0.4) is 0 Å². The molecule has 6 N–H and O–H groups in total. The molecule has 0 unspecified atom stereocenters. The summed E-state index contributed by atoms with van der Waals surface area (Å²) in [5, 5.41) is 21.5.